The summed E-state index contributed by atoms with van der Waals surface area (Å²) >= 11 is 0. The molecule has 0 saturated heterocycles. The predicted octanol–water partition coefficient (Wildman–Crippen LogP) is 4.21. The number of nitrogens with zero attached hydrogens (tertiary/aromatic N) is 2. The Labute approximate surface area is 153 Å². The van der Waals surface area contributed by atoms with Gasteiger partial charge in [0.25, 0.3) is 0 Å². The van der Waals surface area contributed by atoms with E-state index >= 15 is 0 Å². The van der Waals surface area contributed by atoms with Crippen LogP contribution in [0, 0.1) is 34.0 Å². The largest absolute Gasteiger partial charge is 0.497 e. The quantitative estimate of drug-likeness (QED) is 0.836. The highest BCUT2D eigenvalue weighted by atomic mass is 16.5. The Hall–Kier alpha value is -3.11. The first-order valence-corrected chi connectivity index (χ1v) is 8.61. The first-order valence-electron chi connectivity index (χ1n) is 8.61. The van der Waals surface area contributed by atoms with Crippen molar-refractivity contribution >= 4 is 5.78 Å². The van der Waals surface area contributed by atoms with Gasteiger partial charge in [-0.3, -0.25) is 4.79 Å². The van der Waals surface area contributed by atoms with Crippen molar-refractivity contribution in [3.05, 3.63) is 65.7 Å². The molecular formula is C22H20N2O2. The molecule has 3 unspecified atom stereocenters. The van der Waals surface area contributed by atoms with Gasteiger partial charge in [0.1, 0.15) is 11.5 Å². The molecule has 4 nitrogen and oxygen atoms in total. The number of carbonyl (C=O) groups is 1. The standard InChI is InChI=1S/C22H20N2O2/c1-15-20(25)12-19(16-8-10-18(26-2)11-9-16)22(13-23,14-24)21(15)17-6-4-3-5-7-17/h3-11,15,19,21H,12H2,1-2H3. The van der Waals surface area contributed by atoms with Crippen LogP contribution in [-0.4, -0.2) is 12.9 Å². The topological polar surface area (TPSA) is 73.9 Å². The summed E-state index contributed by atoms with van der Waals surface area (Å²) in [7, 11) is 1.58. The zero-order valence-electron chi connectivity index (χ0n) is 14.8. The lowest BCUT2D eigenvalue weighted by atomic mass is 9.54. The fraction of sp³-hybridized carbons (Fsp3) is 0.318. The molecule has 2 aromatic rings. The fourth-order valence-electron chi connectivity index (χ4n) is 4.09. The van der Waals surface area contributed by atoms with E-state index in [-0.39, 0.29) is 18.1 Å². The summed E-state index contributed by atoms with van der Waals surface area (Å²) in [4.78, 5) is 12.8. The second-order valence-corrected chi connectivity index (χ2v) is 6.77. The van der Waals surface area contributed by atoms with Gasteiger partial charge in [0.2, 0.25) is 0 Å². The van der Waals surface area contributed by atoms with E-state index < -0.39 is 17.3 Å². The predicted molar refractivity (Wildman–Crippen MR) is 97.4 cm³/mol. The lowest BCUT2D eigenvalue weighted by molar-refractivity contribution is -0.127. The molecule has 1 aliphatic rings. The van der Waals surface area contributed by atoms with Gasteiger partial charge in [-0.25, -0.2) is 0 Å². The Morgan fingerprint density at radius 3 is 2.15 bits per heavy atom. The van der Waals surface area contributed by atoms with E-state index in [2.05, 4.69) is 12.1 Å². The molecule has 3 atom stereocenters. The summed E-state index contributed by atoms with van der Waals surface area (Å²) in [6.45, 7) is 1.83. The van der Waals surface area contributed by atoms with Crippen LogP contribution in [-0.2, 0) is 4.79 Å². The number of hydrogen-bond donors (Lipinski definition) is 0. The number of methoxy groups -OCH3 is 1. The Morgan fingerprint density at radius 2 is 1.62 bits per heavy atom. The minimum absolute atomic E-state index is 0.0841. The fourth-order valence-corrected chi connectivity index (χ4v) is 4.09. The van der Waals surface area contributed by atoms with Crippen LogP contribution in [0.3, 0.4) is 0 Å². The molecule has 0 heterocycles. The molecule has 26 heavy (non-hydrogen) atoms. The van der Waals surface area contributed by atoms with E-state index in [1.165, 1.54) is 0 Å². The van der Waals surface area contributed by atoms with Crippen molar-refractivity contribution < 1.29 is 9.53 Å². The third-order valence-corrected chi connectivity index (χ3v) is 5.50. The molecular weight excluding hydrogens is 324 g/mol. The number of rotatable bonds is 3. The SMILES string of the molecule is COc1ccc(C2CC(=O)C(C)C(c3ccccc3)C2(C#N)C#N)cc1. The summed E-state index contributed by atoms with van der Waals surface area (Å²) in [5.74, 6) is -0.542. The average molecular weight is 344 g/mol. The number of ether oxygens (including phenoxy) is 1. The van der Waals surface area contributed by atoms with E-state index in [1.54, 1.807) is 19.2 Å². The van der Waals surface area contributed by atoms with E-state index in [9.17, 15) is 15.3 Å². The third kappa shape index (κ3) is 2.74. The molecule has 2 aromatic carbocycles. The van der Waals surface area contributed by atoms with Gasteiger partial charge in [-0.2, -0.15) is 10.5 Å². The maximum atomic E-state index is 12.8. The van der Waals surface area contributed by atoms with Crippen LogP contribution in [0.4, 0.5) is 0 Å². The lowest BCUT2D eigenvalue weighted by Crippen LogP contribution is -2.44. The first kappa shape index (κ1) is 17.7. The van der Waals surface area contributed by atoms with Crippen LogP contribution in [0.2, 0.25) is 0 Å². The van der Waals surface area contributed by atoms with Crippen LogP contribution in [0.15, 0.2) is 54.6 Å². The van der Waals surface area contributed by atoms with Gasteiger partial charge in [0, 0.05) is 24.2 Å². The molecule has 0 bridgehead atoms. The first-order chi connectivity index (χ1) is 12.6. The number of carbonyl (C=O) groups excluding carboxylic acids is 1. The van der Waals surface area contributed by atoms with E-state index in [1.807, 2.05) is 49.4 Å². The molecule has 0 radical (unpaired) electrons. The van der Waals surface area contributed by atoms with E-state index in [0.29, 0.717) is 5.75 Å². The Kier molecular flexibility index (Phi) is 4.78. The van der Waals surface area contributed by atoms with Gasteiger partial charge in [-0.15, -0.1) is 0 Å². The minimum Gasteiger partial charge on any atom is -0.497 e. The zero-order valence-corrected chi connectivity index (χ0v) is 14.8. The molecule has 1 saturated carbocycles. The Morgan fingerprint density at radius 1 is 1.00 bits per heavy atom. The highest BCUT2D eigenvalue weighted by molar-refractivity contribution is 5.85. The highest BCUT2D eigenvalue weighted by Gasteiger charge is 2.55. The number of nitriles is 2. The van der Waals surface area contributed by atoms with Gasteiger partial charge in [0.05, 0.1) is 19.2 Å². The molecule has 0 spiro atoms. The summed E-state index contributed by atoms with van der Waals surface area (Å²) in [5.41, 5.74) is 0.369. The van der Waals surface area contributed by atoms with Crippen molar-refractivity contribution in [2.75, 3.05) is 7.11 Å². The molecule has 0 aromatic heterocycles. The maximum Gasteiger partial charge on any atom is 0.158 e. The molecule has 1 aliphatic carbocycles. The number of ketones is 1. The van der Waals surface area contributed by atoms with Crippen molar-refractivity contribution in [2.24, 2.45) is 11.3 Å². The second-order valence-electron chi connectivity index (χ2n) is 6.77. The summed E-state index contributed by atoms with van der Waals surface area (Å²) in [6.07, 6.45) is 0.192. The van der Waals surface area contributed by atoms with Crippen LogP contribution in [0.5, 0.6) is 5.75 Å². The Balaban J connectivity index is 2.16. The minimum atomic E-state index is -1.30. The smallest absolute Gasteiger partial charge is 0.158 e. The normalized spacial score (nSPS) is 24.3. The van der Waals surface area contributed by atoms with Crippen molar-refractivity contribution in [1.29, 1.82) is 10.5 Å². The van der Waals surface area contributed by atoms with Gasteiger partial charge in [-0.1, -0.05) is 49.4 Å². The number of benzene rings is 2. The summed E-state index contributed by atoms with van der Waals surface area (Å²) < 4.78 is 5.19. The van der Waals surface area contributed by atoms with Crippen molar-refractivity contribution in [3.8, 4) is 17.9 Å². The van der Waals surface area contributed by atoms with Crippen LogP contribution in [0.25, 0.3) is 0 Å². The van der Waals surface area contributed by atoms with Crippen molar-refractivity contribution in [1.82, 2.24) is 0 Å². The molecule has 3 rings (SSSR count). The summed E-state index contributed by atoms with van der Waals surface area (Å²) in [5, 5.41) is 20.2. The molecule has 130 valence electrons. The molecule has 1 fully saturated rings. The number of Topliss-reactive ketones (excluding diaryl/α,β-unsaturated/α-hetero) is 1. The number of hydrogen-bond acceptors (Lipinski definition) is 4. The van der Waals surface area contributed by atoms with Gasteiger partial charge in [0.15, 0.2) is 5.41 Å². The van der Waals surface area contributed by atoms with E-state index in [0.717, 1.165) is 11.1 Å². The van der Waals surface area contributed by atoms with Crippen LogP contribution >= 0.6 is 0 Å². The molecule has 4 heteroatoms. The monoisotopic (exact) mass is 344 g/mol. The third-order valence-electron chi connectivity index (χ3n) is 5.50. The molecule has 0 N–H and O–H groups in total. The van der Waals surface area contributed by atoms with Gasteiger partial charge >= 0.3 is 0 Å². The maximum absolute atomic E-state index is 12.8. The highest BCUT2D eigenvalue weighted by Crippen LogP contribution is 2.55. The summed E-state index contributed by atoms with van der Waals surface area (Å²) in [6, 6.07) is 21.3. The molecule has 0 aliphatic heterocycles. The Bertz CT molecular complexity index is 861. The lowest BCUT2D eigenvalue weighted by Gasteiger charge is -2.43. The van der Waals surface area contributed by atoms with E-state index in [4.69, 9.17) is 4.74 Å². The zero-order chi connectivity index (χ0) is 18.7. The molecule has 0 amide bonds. The second kappa shape index (κ2) is 7.02. The van der Waals surface area contributed by atoms with Gasteiger partial charge < -0.3 is 4.74 Å². The van der Waals surface area contributed by atoms with Gasteiger partial charge in [-0.05, 0) is 23.3 Å². The van der Waals surface area contributed by atoms with Crippen LogP contribution < -0.4 is 4.74 Å². The van der Waals surface area contributed by atoms with Crippen LogP contribution in [0.1, 0.15) is 36.3 Å². The van der Waals surface area contributed by atoms with Crippen molar-refractivity contribution in [2.45, 2.75) is 25.2 Å². The van der Waals surface area contributed by atoms with Crippen molar-refractivity contribution in [3.63, 3.8) is 0 Å². The average Bonchev–Trinajstić information content (AvgIpc) is 2.70.